The number of hydrogen-bond donors (Lipinski definition) is 0. The molecule has 0 aromatic heterocycles. The Balaban J connectivity index is 2.50. The molecular weight excluding hydrogens is 234 g/mol. The highest BCUT2D eigenvalue weighted by Gasteiger charge is 2.23. The maximum atomic E-state index is 11.4. The Morgan fingerprint density at radius 2 is 2.23 bits per heavy atom. The van der Waals surface area contributed by atoms with Gasteiger partial charge in [0.25, 0.3) is 0 Å². The van der Waals surface area contributed by atoms with E-state index in [0.717, 1.165) is 10.9 Å². The van der Waals surface area contributed by atoms with E-state index in [9.17, 15) is 4.79 Å². The van der Waals surface area contributed by atoms with Crippen LogP contribution in [-0.4, -0.2) is 23.1 Å². The van der Waals surface area contributed by atoms with Gasteiger partial charge in [-0.15, -0.1) is 0 Å². The minimum Gasteiger partial charge on any atom is -0.443 e. The van der Waals surface area contributed by atoms with Gasteiger partial charge >= 0.3 is 6.09 Å². The minimum atomic E-state index is -0.417. The predicted molar refractivity (Wildman–Crippen MR) is 54.6 cm³/mol. The monoisotopic (exact) mass is 247 g/mol. The molecule has 0 N–H and O–H groups in total. The Morgan fingerprint density at radius 3 is 2.62 bits per heavy atom. The van der Waals surface area contributed by atoms with Crippen molar-refractivity contribution >= 4 is 22.0 Å². The van der Waals surface area contributed by atoms with Gasteiger partial charge in [-0.2, -0.15) is 0 Å². The van der Waals surface area contributed by atoms with Crippen molar-refractivity contribution in [3.63, 3.8) is 0 Å². The zero-order chi connectivity index (χ0) is 10.1. The van der Waals surface area contributed by atoms with Gasteiger partial charge in [-0.3, -0.25) is 4.90 Å². The summed E-state index contributed by atoms with van der Waals surface area (Å²) < 4.78 is 6.23. The Hall–Kier alpha value is -0.510. The van der Waals surface area contributed by atoms with Crippen LogP contribution in [0.2, 0.25) is 0 Å². The minimum absolute atomic E-state index is 0.276. The van der Waals surface area contributed by atoms with Gasteiger partial charge in [-0.25, -0.2) is 4.79 Å². The SMILES string of the molecule is CC(C)(C)OC(=O)N1C=C(Br)CC1. The first-order valence-corrected chi connectivity index (χ1v) is 5.03. The van der Waals surface area contributed by atoms with Crippen LogP contribution in [0.1, 0.15) is 27.2 Å². The molecule has 0 atom stereocenters. The lowest BCUT2D eigenvalue weighted by molar-refractivity contribution is 0.0349. The zero-order valence-corrected chi connectivity index (χ0v) is 9.72. The third-order valence-electron chi connectivity index (χ3n) is 1.52. The van der Waals surface area contributed by atoms with Crippen LogP contribution in [0.5, 0.6) is 0 Å². The molecule has 0 saturated heterocycles. The molecule has 1 aliphatic rings. The Labute approximate surface area is 86.9 Å². The van der Waals surface area contributed by atoms with E-state index in [4.69, 9.17) is 4.74 Å². The molecule has 1 aliphatic heterocycles. The number of carbonyl (C=O) groups is 1. The molecular formula is C9H14BrNO2. The highest BCUT2D eigenvalue weighted by atomic mass is 79.9. The Bertz CT molecular complexity index is 242. The van der Waals surface area contributed by atoms with Crippen molar-refractivity contribution in [2.24, 2.45) is 0 Å². The number of ether oxygens (including phenoxy) is 1. The second-order valence-corrected chi connectivity index (χ2v) is 5.02. The van der Waals surface area contributed by atoms with Gasteiger partial charge in [-0.1, -0.05) is 15.9 Å². The van der Waals surface area contributed by atoms with E-state index in [0.29, 0.717) is 6.54 Å². The highest BCUT2D eigenvalue weighted by molar-refractivity contribution is 9.11. The van der Waals surface area contributed by atoms with Crippen molar-refractivity contribution in [2.75, 3.05) is 6.54 Å². The average molecular weight is 248 g/mol. The fourth-order valence-corrected chi connectivity index (χ4v) is 1.41. The summed E-state index contributed by atoms with van der Waals surface area (Å²) in [5.41, 5.74) is -0.417. The first-order valence-electron chi connectivity index (χ1n) is 4.24. The zero-order valence-electron chi connectivity index (χ0n) is 8.13. The summed E-state index contributed by atoms with van der Waals surface area (Å²) in [6, 6.07) is 0. The molecule has 1 amide bonds. The molecule has 4 heteroatoms. The number of carbonyl (C=O) groups excluding carboxylic acids is 1. The third kappa shape index (κ3) is 3.38. The predicted octanol–water partition coefficient (Wildman–Crippen LogP) is 2.86. The first-order chi connectivity index (χ1) is 5.88. The van der Waals surface area contributed by atoms with Gasteiger partial charge in [0, 0.05) is 17.2 Å². The van der Waals surface area contributed by atoms with Crippen LogP contribution in [0.15, 0.2) is 10.7 Å². The quantitative estimate of drug-likeness (QED) is 0.659. The van der Waals surface area contributed by atoms with Gasteiger partial charge in [0.2, 0.25) is 0 Å². The molecule has 0 unspecified atom stereocenters. The van der Waals surface area contributed by atoms with Crippen molar-refractivity contribution in [2.45, 2.75) is 32.8 Å². The molecule has 74 valence electrons. The number of halogens is 1. The topological polar surface area (TPSA) is 29.5 Å². The van der Waals surface area contributed by atoms with Crippen molar-refractivity contribution in [1.29, 1.82) is 0 Å². The van der Waals surface area contributed by atoms with Crippen molar-refractivity contribution in [1.82, 2.24) is 4.90 Å². The van der Waals surface area contributed by atoms with Crippen molar-refractivity contribution in [3.05, 3.63) is 10.7 Å². The second kappa shape index (κ2) is 3.70. The van der Waals surface area contributed by atoms with E-state index in [2.05, 4.69) is 15.9 Å². The summed E-state index contributed by atoms with van der Waals surface area (Å²) in [7, 11) is 0. The molecule has 1 heterocycles. The molecule has 0 aromatic carbocycles. The average Bonchev–Trinajstić information content (AvgIpc) is 2.31. The van der Waals surface area contributed by atoms with Crippen LogP contribution in [0.25, 0.3) is 0 Å². The maximum Gasteiger partial charge on any atom is 0.414 e. The first kappa shape index (κ1) is 10.6. The van der Waals surface area contributed by atoms with Gasteiger partial charge in [-0.05, 0) is 27.2 Å². The number of amides is 1. The molecule has 3 nitrogen and oxygen atoms in total. The summed E-state index contributed by atoms with van der Waals surface area (Å²) >= 11 is 3.34. The van der Waals surface area contributed by atoms with E-state index in [-0.39, 0.29) is 6.09 Å². The number of rotatable bonds is 0. The van der Waals surface area contributed by atoms with Gasteiger partial charge in [0.05, 0.1) is 0 Å². The maximum absolute atomic E-state index is 11.4. The van der Waals surface area contributed by atoms with Gasteiger partial charge in [0.1, 0.15) is 5.60 Å². The van der Waals surface area contributed by atoms with E-state index in [1.165, 1.54) is 0 Å². The highest BCUT2D eigenvalue weighted by Crippen LogP contribution is 2.21. The molecule has 0 saturated carbocycles. The molecule has 0 spiro atoms. The molecule has 0 fully saturated rings. The van der Waals surface area contributed by atoms with E-state index in [1.807, 2.05) is 20.8 Å². The van der Waals surface area contributed by atoms with Crippen LogP contribution < -0.4 is 0 Å². The van der Waals surface area contributed by atoms with Crippen molar-refractivity contribution in [3.8, 4) is 0 Å². The fourth-order valence-electron chi connectivity index (χ4n) is 0.990. The Kier molecular flexibility index (Phi) is 3.01. The number of hydrogen-bond acceptors (Lipinski definition) is 2. The lowest BCUT2D eigenvalue weighted by atomic mass is 10.2. The van der Waals surface area contributed by atoms with Crippen LogP contribution in [0.4, 0.5) is 4.79 Å². The summed E-state index contributed by atoms with van der Waals surface area (Å²) in [6.45, 7) is 6.29. The summed E-state index contributed by atoms with van der Waals surface area (Å²) in [4.78, 5) is 13.0. The van der Waals surface area contributed by atoms with E-state index < -0.39 is 5.60 Å². The molecule has 1 rings (SSSR count). The second-order valence-electron chi connectivity index (χ2n) is 4.00. The molecule has 0 aliphatic carbocycles. The van der Waals surface area contributed by atoms with E-state index in [1.54, 1.807) is 11.1 Å². The van der Waals surface area contributed by atoms with Crippen LogP contribution in [-0.2, 0) is 4.74 Å². The summed E-state index contributed by atoms with van der Waals surface area (Å²) in [6.07, 6.45) is 2.37. The summed E-state index contributed by atoms with van der Waals surface area (Å²) in [5, 5.41) is 0. The van der Waals surface area contributed by atoms with Crippen LogP contribution in [0, 0.1) is 0 Å². The van der Waals surface area contributed by atoms with Crippen LogP contribution in [0.3, 0.4) is 0 Å². The molecule has 0 aromatic rings. The normalized spacial score (nSPS) is 17.2. The lowest BCUT2D eigenvalue weighted by Crippen LogP contribution is -2.32. The lowest BCUT2D eigenvalue weighted by Gasteiger charge is -2.23. The molecule has 0 radical (unpaired) electrons. The smallest absolute Gasteiger partial charge is 0.414 e. The standard InChI is InChI=1S/C9H14BrNO2/c1-9(2,3)13-8(12)11-5-4-7(10)6-11/h6H,4-5H2,1-3H3. The fraction of sp³-hybridized carbons (Fsp3) is 0.667. The summed E-state index contributed by atoms with van der Waals surface area (Å²) in [5.74, 6) is 0. The van der Waals surface area contributed by atoms with Gasteiger partial charge < -0.3 is 4.74 Å². The van der Waals surface area contributed by atoms with Crippen molar-refractivity contribution < 1.29 is 9.53 Å². The largest absolute Gasteiger partial charge is 0.443 e. The molecule has 0 bridgehead atoms. The van der Waals surface area contributed by atoms with Gasteiger partial charge in [0.15, 0.2) is 0 Å². The number of nitrogens with zero attached hydrogens (tertiary/aromatic N) is 1. The van der Waals surface area contributed by atoms with E-state index >= 15 is 0 Å². The Morgan fingerprint density at radius 1 is 1.62 bits per heavy atom. The molecule has 13 heavy (non-hydrogen) atoms. The third-order valence-corrected chi connectivity index (χ3v) is 2.12. The van der Waals surface area contributed by atoms with Crippen LogP contribution >= 0.6 is 15.9 Å².